The number of carbonyl (C=O) groups is 3. The second-order valence-electron chi connectivity index (χ2n) is 6.61. The van der Waals surface area contributed by atoms with Crippen molar-refractivity contribution < 1.29 is 24.6 Å². The quantitative estimate of drug-likeness (QED) is 0.213. The predicted octanol–water partition coefficient (Wildman–Crippen LogP) is 2.24. The van der Waals surface area contributed by atoms with Crippen LogP contribution in [0.3, 0.4) is 0 Å². The Hall–Kier alpha value is -4.23. The maximum Gasteiger partial charge on any atom is 0.310 e. The van der Waals surface area contributed by atoms with E-state index >= 15 is 0 Å². The van der Waals surface area contributed by atoms with Gasteiger partial charge in [-0.2, -0.15) is 0 Å². The smallest absolute Gasteiger partial charge is 0.310 e. The fourth-order valence-electron chi connectivity index (χ4n) is 2.94. The van der Waals surface area contributed by atoms with Gasteiger partial charge in [-0.3, -0.25) is 25.2 Å². The molecule has 156 valence electrons. The molecule has 0 unspecified atom stereocenters. The van der Waals surface area contributed by atoms with Crippen molar-refractivity contribution in [2.45, 2.75) is 5.60 Å². The summed E-state index contributed by atoms with van der Waals surface area (Å²) in [5.41, 5.74) is 2.88. The van der Waals surface area contributed by atoms with Gasteiger partial charge in [0.1, 0.15) is 5.76 Å². The summed E-state index contributed by atoms with van der Waals surface area (Å²) in [7, 11) is 0. The van der Waals surface area contributed by atoms with Crippen LogP contribution >= 0.6 is 0 Å². The zero-order chi connectivity index (χ0) is 22.3. The third-order valence-corrected chi connectivity index (χ3v) is 4.56. The summed E-state index contributed by atoms with van der Waals surface area (Å²) in [5.74, 6) is -3.61. The Labute approximate surface area is 178 Å². The number of nitrogens with one attached hydrogen (secondary N) is 2. The molecule has 2 amide bonds. The number of hydrogen-bond donors (Lipinski definition) is 4. The van der Waals surface area contributed by atoms with Gasteiger partial charge in [0.15, 0.2) is 5.60 Å². The lowest BCUT2D eigenvalue weighted by Crippen LogP contribution is -2.53. The van der Waals surface area contributed by atoms with Crippen molar-refractivity contribution in [1.82, 2.24) is 10.9 Å². The Morgan fingerprint density at radius 1 is 0.710 bits per heavy atom. The third kappa shape index (κ3) is 4.85. The van der Waals surface area contributed by atoms with E-state index in [1.807, 2.05) is 5.43 Å². The topological polar surface area (TPSA) is 116 Å². The molecule has 0 atom stereocenters. The Balaban J connectivity index is 1.76. The molecule has 0 saturated carbocycles. The van der Waals surface area contributed by atoms with Crippen LogP contribution in [0.2, 0.25) is 0 Å². The maximum absolute atomic E-state index is 12.9. The van der Waals surface area contributed by atoms with E-state index in [0.29, 0.717) is 5.56 Å². The van der Waals surface area contributed by atoms with Crippen LogP contribution in [0, 0.1) is 0 Å². The lowest BCUT2D eigenvalue weighted by molar-refractivity contribution is -0.142. The summed E-state index contributed by atoms with van der Waals surface area (Å²) in [6.07, 6.45) is 0.747. The van der Waals surface area contributed by atoms with Crippen molar-refractivity contribution >= 4 is 23.4 Å². The molecule has 3 aromatic carbocycles. The van der Waals surface area contributed by atoms with Gasteiger partial charge in [0.25, 0.3) is 5.91 Å². The number of aliphatic hydroxyl groups excluding tert-OH is 1. The second kappa shape index (κ2) is 9.51. The van der Waals surface area contributed by atoms with E-state index in [2.05, 4.69) is 5.43 Å². The van der Waals surface area contributed by atoms with Crippen LogP contribution in [0.25, 0.3) is 5.76 Å². The molecule has 0 radical (unpaired) electrons. The highest BCUT2D eigenvalue weighted by atomic mass is 16.3. The van der Waals surface area contributed by atoms with Crippen molar-refractivity contribution in [2.24, 2.45) is 0 Å². The first-order valence-corrected chi connectivity index (χ1v) is 9.37. The van der Waals surface area contributed by atoms with Gasteiger partial charge in [0.05, 0.1) is 0 Å². The molecule has 0 bridgehead atoms. The zero-order valence-corrected chi connectivity index (χ0v) is 16.4. The van der Waals surface area contributed by atoms with E-state index in [9.17, 15) is 24.6 Å². The lowest BCUT2D eigenvalue weighted by atomic mass is 9.85. The van der Waals surface area contributed by atoms with E-state index in [-0.39, 0.29) is 11.1 Å². The van der Waals surface area contributed by atoms with Crippen LogP contribution in [-0.2, 0) is 20.0 Å². The van der Waals surface area contributed by atoms with Gasteiger partial charge < -0.3 is 10.2 Å². The minimum absolute atomic E-state index is 0.279. The van der Waals surface area contributed by atoms with Gasteiger partial charge in [0, 0.05) is 11.6 Å². The molecule has 0 aromatic heterocycles. The van der Waals surface area contributed by atoms with E-state index < -0.39 is 29.0 Å². The average molecular weight is 416 g/mol. The van der Waals surface area contributed by atoms with E-state index in [1.54, 1.807) is 91.0 Å². The van der Waals surface area contributed by atoms with Gasteiger partial charge in [-0.25, -0.2) is 0 Å². The molecule has 7 nitrogen and oxygen atoms in total. The lowest BCUT2D eigenvalue weighted by Gasteiger charge is -2.27. The van der Waals surface area contributed by atoms with Gasteiger partial charge >= 0.3 is 5.91 Å². The number of benzene rings is 3. The largest absolute Gasteiger partial charge is 0.507 e. The normalized spacial score (nSPS) is 11.5. The number of hydrazine groups is 1. The van der Waals surface area contributed by atoms with Gasteiger partial charge in [-0.15, -0.1) is 0 Å². The van der Waals surface area contributed by atoms with Crippen molar-refractivity contribution in [3.63, 3.8) is 0 Å². The molecule has 0 fully saturated rings. The molecular formula is C24H20N2O5. The monoisotopic (exact) mass is 416 g/mol. The molecule has 31 heavy (non-hydrogen) atoms. The standard InChI is InChI=1S/C24H20N2O5/c27-20(17-10-4-1-5-11-17)16-21(28)22(29)25-26-23(30)24(31,18-12-6-2-7-13-18)19-14-8-3-9-15-19/h1-16,27,31H,(H,25,29)(H,26,30)/b20-16+. The van der Waals surface area contributed by atoms with E-state index in [0.717, 1.165) is 6.08 Å². The molecular weight excluding hydrogens is 396 g/mol. The minimum atomic E-state index is -2.11. The molecule has 0 aliphatic rings. The van der Waals surface area contributed by atoms with Crippen LogP contribution in [-0.4, -0.2) is 27.8 Å². The molecule has 4 N–H and O–H groups in total. The summed E-state index contributed by atoms with van der Waals surface area (Å²) in [6, 6.07) is 24.6. The molecule has 0 aliphatic heterocycles. The zero-order valence-electron chi connectivity index (χ0n) is 16.4. The van der Waals surface area contributed by atoms with Crippen LogP contribution in [0.1, 0.15) is 16.7 Å². The Kier molecular flexibility index (Phi) is 6.59. The highest BCUT2D eigenvalue weighted by molar-refractivity contribution is 6.41. The Morgan fingerprint density at radius 2 is 1.16 bits per heavy atom. The number of aliphatic hydroxyl groups is 2. The number of hydrogen-bond acceptors (Lipinski definition) is 5. The van der Waals surface area contributed by atoms with Crippen molar-refractivity contribution in [3.8, 4) is 0 Å². The first kappa shape index (κ1) is 21.5. The summed E-state index contributed by atoms with van der Waals surface area (Å²) in [6.45, 7) is 0. The van der Waals surface area contributed by atoms with Gasteiger partial charge in [-0.05, 0) is 11.1 Å². The van der Waals surface area contributed by atoms with E-state index in [1.165, 1.54) is 0 Å². The molecule has 0 spiro atoms. The first-order valence-electron chi connectivity index (χ1n) is 9.37. The average Bonchev–Trinajstić information content (AvgIpc) is 2.83. The van der Waals surface area contributed by atoms with Gasteiger partial charge in [-0.1, -0.05) is 91.0 Å². The van der Waals surface area contributed by atoms with Crippen LogP contribution in [0.15, 0.2) is 97.1 Å². The number of rotatable bonds is 6. The van der Waals surface area contributed by atoms with E-state index in [4.69, 9.17) is 0 Å². The van der Waals surface area contributed by atoms with Gasteiger partial charge in [0.2, 0.25) is 5.78 Å². The SMILES string of the molecule is O=C(/C=C(/O)c1ccccc1)C(=O)NNC(=O)C(O)(c1ccccc1)c1ccccc1. The molecule has 0 aliphatic carbocycles. The molecule has 7 heteroatoms. The van der Waals surface area contributed by atoms with Crippen LogP contribution in [0.4, 0.5) is 0 Å². The first-order chi connectivity index (χ1) is 14.9. The van der Waals surface area contributed by atoms with Crippen LogP contribution < -0.4 is 10.9 Å². The molecule has 3 aromatic rings. The fraction of sp³-hybridized carbons (Fsp3) is 0.0417. The highest BCUT2D eigenvalue weighted by Gasteiger charge is 2.40. The second-order valence-corrected chi connectivity index (χ2v) is 6.61. The number of ketones is 1. The summed E-state index contributed by atoms with van der Waals surface area (Å²) in [5, 5.41) is 21.2. The summed E-state index contributed by atoms with van der Waals surface area (Å²) in [4.78, 5) is 37.1. The molecule has 0 heterocycles. The highest BCUT2D eigenvalue weighted by Crippen LogP contribution is 2.29. The molecule has 0 saturated heterocycles. The Bertz CT molecular complexity index is 1060. The Morgan fingerprint density at radius 3 is 1.65 bits per heavy atom. The summed E-state index contributed by atoms with van der Waals surface area (Å²) >= 11 is 0. The van der Waals surface area contributed by atoms with Crippen molar-refractivity contribution in [1.29, 1.82) is 0 Å². The fourth-order valence-corrected chi connectivity index (χ4v) is 2.94. The number of amides is 2. The van der Waals surface area contributed by atoms with Crippen molar-refractivity contribution in [3.05, 3.63) is 114 Å². The summed E-state index contributed by atoms with van der Waals surface area (Å²) < 4.78 is 0. The minimum Gasteiger partial charge on any atom is -0.507 e. The maximum atomic E-state index is 12.9. The molecule has 3 rings (SSSR count). The predicted molar refractivity (Wildman–Crippen MR) is 114 cm³/mol. The number of carbonyl (C=O) groups excluding carboxylic acids is 3. The third-order valence-electron chi connectivity index (χ3n) is 4.56. The van der Waals surface area contributed by atoms with Crippen LogP contribution in [0.5, 0.6) is 0 Å². The van der Waals surface area contributed by atoms with Crippen molar-refractivity contribution in [2.75, 3.05) is 0 Å².